The molecule has 0 spiro atoms. The molecule has 6 rings (SSSR count). The first kappa shape index (κ1) is 36.2. The Morgan fingerprint density at radius 2 is 1.62 bits per heavy atom. The number of unbranched alkanes of at least 4 members (excludes halogenated alkanes) is 1. The standard InChI is InChI=1S/C38H50N2O10/c1-35(2,3)49-34(43)40(23-38-32(48-37(6,7)50-38)31-30(22-45-38)46-36(4,5)47-31)19-13-12-14-24(20-41)39-33(42)44-21-29-27-17-10-8-15-25(27)26-16-9-11-18-28(26)29/h8-11,15-18,20,24,29-32H,12-14,19,21-23H2,1-7H3,(H,39,42)/t24-,30?,31?,32?,38?/m0/s1. The highest BCUT2D eigenvalue weighted by atomic mass is 16.9. The van der Waals surface area contributed by atoms with Gasteiger partial charge in [-0.05, 0) is 90.0 Å². The summed E-state index contributed by atoms with van der Waals surface area (Å²) in [5.74, 6) is -3.23. The monoisotopic (exact) mass is 694 g/mol. The molecule has 3 saturated heterocycles. The fourth-order valence-electron chi connectivity index (χ4n) is 7.42. The minimum Gasteiger partial charge on any atom is -0.449 e. The van der Waals surface area contributed by atoms with Gasteiger partial charge in [0.1, 0.15) is 36.8 Å². The number of rotatable bonds is 11. The van der Waals surface area contributed by atoms with Crippen LogP contribution in [0.25, 0.3) is 11.1 Å². The molecule has 50 heavy (non-hydrogen) atoms. The first-order chi connectivity index (χ1) is 23.6. The van der Waals surface area contributed by atoms with Crippen molar-refractivity contribution in [3.8, 4) is 11.1 Å². The van der Waals surface area contributed by atoms with E-state index in [2.05, 4.69) is 29.6 Å². The summed E-state index contributed by atoms with van der Waals surface area (Å²) in [7, 11) is 0. The zero-order valence-electron chi connectivity index (χ0n) is 30.1. The number of hydrogen-bond donors (Lipinski definition) is 1. The molecule has 2 amide bonds. The van der Waals surface area contributed by atoms with E-state index < -0.39 is 53.4 Å². The average molecular weight is 695 g/mol. The molecule has 2 aromatic rings. The highest BCUT2D eigenvalue weighted by Crippen LogP contribution is 2.48. The van der Waals surface area contributed by atoms with Gasteiger partial charge in [-0.15, -0.1) is 0 Å². The topological polar surface area (TPSA) is 131 Å². The van der Waals surface area contributed by atoms with E-state index in [0.717, 1.165) is 22.3 Å². The third-order valence-corrected chi connectivity index (χ3v) is 9.34. The quantitative estimate of drug-likeness (QED) is 0.224. The van der Waals surface area contributed by atoms with Crippen molar-refractivity contribution in [3.05, 3.63) is 59.7 Å². The second kappa shape index (κ2) is 13.9. The molecule has 12 nitrogen and oxygen atoms in total. The molecule has 4 unspecified atom stereocenters. The van der Waals surface area contributed by atoms with E-state index in [-0.39, 0.29) is 38.3 Å². The number of nitrogens with one attached hydrogen (secondary N) is 1. The molecule has 0 radical (unpaired) electrons. The van der Waals surface area contributed by atoms with Gasteiger partial charge in [0.15, 0.2) is 11.6 Å². The van der Waals surface area contributed by atoms with Crippen molar-refractivity contribution in [2.24, 2.45) is 0 Å². The van der Waals surface area contributed by atoms with Gasteiger partial charge in [0.05, 0.1) is 19.2 Å². The molecule has 12 heteroatoms. The van der Waals surface area contributed by atoms with E-state index >= 15 is 0 Å². The van der Waals surface area contributed by atoms with Gasteiger partial charge in [0, 0.05) is 12.5 Å². The summed E-state index contributed by atoms with van der Waals surface area (Å²) in [5, 5.41) is 2.70. The van der Waals surface area contributed by atoms with Crippen LogP contribution in [0.2, 0.25) is 0 Å². The maximum Gasteiger partial charge on any atom is 0.410 e. The average Bonchev–Trinajstić information content (AvgIpc) is 3.64. The van der Waals surface area contributed by atoms with Crippen molar-refractivity contribution in [1.29, 1.82) is 0 Å². The number of fused-ring (bicyclic) bond motifs is 6. The van der Waals surface area contributed by atoms with Gasteiger partial charge in [-0.1, -0.05) is 48.5 Å². The van der Waals surface area contributed by atoms with E-state index in [1.54, 1.807) is 39.5 Å². The van der Waals surface area contributed by atoms with Gasteiger partial charge in [-0.2, -0.15) is 0 Å². The third kappa shape index (κ3) is 7.84. The molecule has 3 fully saturated rings. The zero-order chi connectivity index (χ0) is 35.9. The van der Waals surface area contributed by atoms with Crippen molar-refractivity contribution in [1.82, 2.24) is 10.2 Å². The maximum atomic E-state index is 13.5. The lowest BCUT2D eigenvalue weighted by Gasteiger charge is -2.43. The molecule has 1 N–H and O–H groups in total. The lowest BCUT2D eigenvalue weighted by atomic mass is 9.96. The van der Waals surface area contributed by atoms with Crippen LogP contribution in [-0.4, -0.2) is 97.0 Å². The Bertz CT molecular complexity index is 1530. The number of hydrogen-bond acceptors (Lipinski definition) is 10. The van der Waals surface area contributed by atoms with Crippen LogP contribution in [0.15, 0.2) is 48.5 Å². The molecule has 1 aliphatic carbocycles. The Morgan fingerprint density at radius 1 is 0.960 bits per heavy atom. The van der Waals surface area contributed by atoms with Crippen molar-refractivity contribution in [2.75, 3.05) is 26.3 Å². The Morgan fingerprint density at radius 3 is 2.26 bits per heavy atom. The van der Waals surface area contributed by atoms with Crippen LogP contribution in [0, 0.1) is 0 Å². The van der Waals surface area contributed by atoms with Crippen molar-refractivity contribution in [2.45, 2.75) is 121 Å². The van der Waals surface area contributed by atoms with E-state index in [9.17, 15) is 14.4 Å². The lowest BCUT2D eigenvalue weighted by Crippen LogP contribution is -2.63. The predicted octanol–water partition coefficient (Wildman–Crippen LogP) is 5.90. The van der Waals surface area contributed by atoms with Crippen molar-refractivity contribution < 1.29 is 47.5 Å². The number of ether oxygens (including phenoxy) is 7. The predicted molar refractivity (Wildman–Crippen MR) is 182 cm³/mol. The molecule has 5 atom stereocenters. The summed E-state index contributed by atoms with van der Waals surface area (Å²) < 4.78 is 42.7. The number of carbonyl (C=O) groups is 3. The SMILES string of the molecule is CC(C)(C)OC(=O)N(CCCC[C@@H](C=O)NC(=O)OCC1c2ccccc2-c2ccccc21)CC12OCC3OC(C)(C)OC3C1OC(C)(C)O2. The smallest absolute Gasteiger partial charge is 0.410 e. The summed E-state index contributed by atoms with van der Waals surface area (Å²) in [5.41, 5.74) is 3.76. The number of alkyl carbamates (subject to hydrolysis) is 1. The number of amides is 2. The Kier molecular flexibility index (Phi) is 10.1. The molecule has 272 valence electrons. The Balaban J connectivity index is 1.05. The maximum absolute atomic E-state index is 13.5. The first-order valence-electron chi connectivity index (χ1n) is 17.5. The van der Waals surface area contributed by atoms with Gasteiger partial charge >= 0.3 is 12.2 Å². The van der Waals surface area contributed by atoms with E-state index in [1.807, 2.05) is 38.1 Å². The molecule has 3 heterocycles. The molecule has 2 aromatic carbocycles. The summed E-state index contributed by atoms with van der Waals surface area (Å²) in [6.07, 6.45) is -0.544. The Hall–Kier alpha value is -3.55. The molecular formula is C38H50N2O10. The largest absolute Gasteiger partial charge is 0.449 e. The van der Waals surface area contributed by atoms with Crippen LogP contribution in [-0.2, 0) is 38.0 Å². The summed E-state index contributed by atoms with van der Waals surface area (Å²) in [4.78, 5) is 39.9. The Labute approximate surface area is 294 Å². The fraction of sp³-hybridized carbons (Fsp3) is 0.605. The summed E-state index contributed by atoms with van der Waals surface area (Å²) in [6.45, 7) is 13.4. The normalized spacial score (nSPS) is 26.6. The van der Waals surface area contributed by atoms with Crippen LogP contribution in [0.1, 0.15) is 84.8 Å². The second-order valence-electron chi connectivity index (χ2n) is 15.4. The van der Waals surface area contributed by atoms with Crippen LogP contribution >= 0.6 is 0 Å². The molecule has 3 aliphatic heterocycles. The number of carbonyl (C=O) groups excluding carboxylic acids is 3. The molecule has 0 bridgehead atoms. The third-order valence-electron chi connectivity index (χ3n) is 9.34. The van der Waals surface area contributed by atoms with E-state index in [1.165, 1.54) is 0 Å². The molecule has 0 saturated carbocycles. The van der Waals surface area contributed by atoms with E-state index in [4.69, 9.17) is 33.2 Å². The van der Waals surface area contributed by atoms with Crippen LogP contribution in [0.5, 0.6) is 0 Å². The minimum atomic E-state index is -1.32. The van der Waals surface area contributed by atoms with Gasteiger partial charge in [-0.25, -0.2) is 9.59 Å². The molecule has 4 aliphatic rings. The van der Waals surface area contributed by atoms with E-state index in [0.29, 0.717) is 25.5 Å². The molecule has 0 aromatic heterocycles. The van der Waals surface area contributed by atoms with Gasteiger partial charge in [0.25, 0.3) is 0 Å². The van der Waals surface area contributed by atoms with Crippen LogP contribution < -0.4 is 5.32 Å². The fourth-order valence-corrected chi connectivity index (χ4v) is 7.42. The van der Waals surface area contributed by atoms with Crippen molar-refractivity contribution in [3.63, 3.8) is 0 Å². The second-order valence-corrected chi connectivity index (χ2v) is 15.4. The number of nitrogens with zero attached hydrogens (tertiary/aromatic N) is 1. The van der Waals surface area contributed by atoms with Crippen molar-refractivity contribution >= 4 is 18.5 Å². The van der Waals surface area contributed by atoms with Crippen LogP contribution in [0.3, 0.4) is 0 Å². The van der Waals surface area contributed by atoms with Gasteiger partial charge in [-0.3, -0.25) is 0 Å². The summed E-state index contributed by atoms with van der Waals surface area (Å²) >= 11 is 0. The first-order valence-corrected chi connectivity index (χ1v) is 17.5. The highest BCUT2D eigenvalue weighted by molar-refractivity contribution is 5.79. The molecular weight excluding hydrogens is 644 g/mol. The number of aldehydes is 1. The summed E-state index contributed by atoms with van der Waals surface area (Å²) in [6, 6.07) is 15.5. The minimum absolute atomic E-state index is 0.0259. The van der Waals surface area contributed by atoms with Gasteiger partial charge in [0.2, 0.25) is 5.79 Å². The number of benzene rings is 2. The highest BCUT2D eigenvalue weighted by Gasteiger charge is 2.66. The lowest BCUT2D eigenvalue weighted by molar-refractivity contribution is -0.285. The zero-order valence-corrected chi connectivity index (χ0v) is 30.1. The van der Waals surface area contributed by atoms with Crippen LogP contribution in [0.4, 0.5) is 9.59 Å². The van der Waals surface area contributed by atoms with Gasteiger partial charge < -0.3 is 48.2 Å².